The molecule has 0 aromatic heterocycles. The molecule has 35 heavy (non-hydrogen) atoms. The van der Waals surface area contributed by atoms with Gasteiger partial charge in [-0.2, -0.15) is 13.2 Å². The lowest BCUT2D eigenvalue weighted by Gasteiger charge is -2.35. The van der Waals surface area contributed by atoms with Gasteiger partial charge in [-0.1, -0.05) is 56.3 Å². The van der Waals surface area contributed by atoms with Gasteiger partial charge in [-0.3, -0.25) is 4.90 Å². The largest absolute Gasteiger partial charge is 0.496 e. The number of rotatable bonds is 7. The minimum absolute atomic E-state index is 0.0440. The molecule has 0 N–H and O–H groups in total. The summed E-state index contributed by atoms with van der Waals surface area (Å²) in [6, 6.07) is 19.7. The Morgan fingerprint density at radius 2 is 1.74 bits per heavy atom. The van der Waals surface area contributed by atoms with E-state index in [1.807, 2.05) is 53.4 Å². The van der Waals surface area contributed by atoms with Gasteiger partial charge in [-0.25, -0.2) is 9.78 Å². The van der Waals surface area contributed by atoms with Crippen molar-refractivity contribution < 1.29 is 27.7 Å². The Bertz CT molecular complexity index is 1130. The third-order valence-corrected chi connectivity index (χ3v) is 6.38. The molecule has 186 valence electrons. The fraction of sp³-hybridized carbons (Fsp3) is 0.357. The molecule has 7 heteroatoms. The molecule has 4 nitrogen and oxygen atoms in total. The summed E-state index contributed by atoms with van der Waals surface area (Å²) < 4.78 is 46.6. The number of alkyl halides is 3. The molecule has 0 saturated carbocycles. The lowest BCUT2D eigenvalue weighted by molar-refractivity contribution is -0.356. The maximum atomic E-state index is 13.7. The quantitative estimate of drug-likeness (QED) is 0.343. The molecule has 1 saturated heterocycles. The van der Waals surface area contributed by atoms with Crippen LogP contribution >= 0.6 is 0 Å². The highest BCUT2D eigenvalue weighted by Gasteiger charge is 2.32. The fourth-order valence-electron chi connectivity index (χ4n) is 4.37. The fourth-order valence-corrected chi connectivity index (χ4v) is 4.37. The molecule has 0 aliphatic carbocycles. The van der Waals surface area contributed by atoms with Gasteiger partial charge < -0.3 is 4.74 Å². The lowest BCUT2D eigenvalue weighted by Crippen LogP contribution is -2.45. The first kappa shape index (κ1) is 25.2. The molecule has 0 radical (unpaired) electrons. The van der Waals surface area contributed by atoms with Crippen molar-refractivity contribution in [3.8, 4) is 16.9 Å². The van der Waals surface area contributed by atoms with Crippen LogP contribution in [0.15, 0.2) is 66.7 Å². The van der Waals surface area contributed by atoms with Crippen LogP contribution in [0.5, 0.6) is 5.75 Å². The second-order valence-corrected chi connectivity index (χ2v) is 9.11. The SMILES string of the molecule is COc1ccc(C(C)C)cc1-c1ccc(C(F)(F)F)cc1CN1COOC[C@H]1Cc1ccccc1. The van der Waals surface area contributed by atoms with Crippen LogP contribution in [0.2, 0.25) is 0 Å². The van der Waals surface area contributed by atoms with E-state index >= 15 is 0 Å². The zero-order valence-corrected chi connectivity index (χ0v) is 20.1. The topological polar surface area (TPSA) is 30.9 Å². The second kappa shape index (κ2) is 10.8. The molecular formula is C28H30F3NO3. The highest BCUT2D eigenvalue weighted by atomic mass is 19.4. The van der Waals surface area contributed by atoms with Crippen molar-refractivity contribution in [3.63, 3.8) is 0 Å². The van der Waals surface area contributed by atoms with Crippen molar-refractivity contribution in [2.75, 3.05) is 20.4 Å². The van der Waals surface area contributed by atoms with Gasteiger partial charge >= 0.3 is 6.18 Å². The molecule has 0 bridgehead atoms. The summed E-state index contributed by atoms with van der Waals surface area (Å²) >= 11 is 0. The number of benzene rings is 3. The Hall–Kier alpha value is -2.87. The van der Waals surface area contributed by atoms with Crippen LogP contribution in [-0.4, -0.2) is 31.4 Å². The number of nitrogens with zero attached hydrogens (tertiary/aromatic N) is 1. The van der Waals surface area contributed by atoms with Gasteiger partial charge in [-0.05, 0) is 58.9 Å². The van der Waals surface area contributed by atoms with Crippen LogP contribution in [-0.2, 0) is 28.9 Å². The minimum atomic E-state index is -4.44. The Morgan fingerprint density at radius 1 is 0.971 bits per heavy atom. The molecule has 1 heterocycles. The molecule has 1 aliphatic heterocycles. The number of halogens is 3. The van der Waals surface area contributed by atoms with Crippen LogP contribution in [0.25, 0.3) is 11.1 Å². The number of hydrogen-bond acceptors (Lipinski definition) is 4. The summed E-state index contributed by atoms with van der Waals surface area (Å²) in [6.07, 6.45) is -3.74. The monoisotopic (exact) mass is 485 g/mol. The Morgan fingerprint density at radius 3 is 2.43 bits per heavy atom. The summed E-state index contributed by atoms with van der Waals surface area (Å²) in [6.45, 7) is 4.93. The number of methoxy groups -OCH3 is 1. The predicted molar refractivity (Wildman–Crippen MR) is 129 cm³/mol. The standard InChI is InChI=1S/C28H30F3NO3/c1-19(2)21-9-12-27(33-3)26(15-21)25-11-10-23(28(29,30)31)14-22(25)16-32-18-35-34-17-24(32)13-20-7-5-4-6-8-20/h4-12,14-15,19,24H,13,16-18H2,1-3H3/t24-/m1/s1. The van der Waals surface area contributed by atoms with E-state index in [9.17, 15) is 13.2 Å². The Labute approximate surface area is 204 Å². The van der Waals surface area contributed by atoms with E-state index in [0.29, 0.717) is 29.9 Å². The summed E-state index contributed by atoms with van der Waals surface area (Å²) in [5, 5.41) is 0. The van der Waals surface area contributed by atoms with Crippen LogP contribution in [0.4, 0.5) is 13.2 Å². The van der Waals surface area contributed by atoms with E-state index in [1.54, 1.807) is 13.2 Å². The van der Waals surface area contributed by atoms with Gasteiger partial charge in [0.2, 0.25) is 0 Å². The molecule has 4 rings (SSSR count). The summed E-state index contributed by atoms with van der Waals surface area (Å²) in [5.41, 5.74) is 3.58. The third kappa shape index (κ3) is 6.04. The van der Waals surface area contributed by atoms with E-state index < -0.39 is 11.7 Å². The van der Waals surface area contributed by atoms with Crippen molar-refractivity contribution in [1.82, 2.24) is 4.90 Å². The molecule has 1 atom stereocenters. The maximum Gasteiger partial charge on any atom is 0.416 e. The zero-order valence-electron chi connectivity index (χ0n) is 20.1. The van der Waals surface area contributed by atoms with Gasteiger partial charge in [0.1, 0.15) is 12.5 Å². The van der Waals surface area contributed by atoms with Crippen molar-refractivity contribution in [1.29, 1.82) is 0 Å². The summed E-state index contributed by atoms with van der Waals surface area (Å²) in [5.74, 6) is 0.884. The number of ether oxygens (including phenoxy) is 1. The van der Waals surface area contributed by atoms with Crippen molar-refractivity contribution in [3.05, 3.63) is 89.0 Å². The molecule has 1 aliphatic rings. The minimum Gasteiger partial charge on any atom is -0.496 e. The summed E-state index contributed by atoms with van der Waals surface area (Å²) in [4.78, 5) is 12.5. The molecule has 1 fully saturated rings. The first-order valence-electron chi connectivity index (χ1n) is 11.7. The van der Waals surface area contributed by atoms with Crippen molar-refractivity contribution in [2.24, 2.45) is 0 Å². The van der Waals surface area contributed by atoms with Crippen molar-refractivity contribution >= 4 is 0 Å². The van der Waals surface area contributed by atoms with Gasteiger partial charge in [0.15, 0.2) is 0 Å². The molecule has 3 aromatic carbocycles. The van der Waals surface area contributed by atoms with Crippen molar-refractivity contribution in [2.45, 2.75) is 44.9 Å². The first-order chi connectivity index (χ1) is 16.8. The Balaban J connectivity index is 1.75. The van der Waals surface area contributed by atoms with E-state index in [-0.39, 0.29) is 25.2 Å². The van der Waals surface area contributed by atoms with Gasteiger partial charge in [0, 0.05) is 18.2 Å². The number of hydrogen-bond donors (Lipinski definition) is 0. The predicted octanol–water partition coefficient (Wildman–Crippen LogP) is 6.84. The third-order valence-electron chi connectivity index (χ3n) is 6.38. The van der Waals surface area contributed by atoms with Gasteiger partial charge in [-0.15, -0.1) is 0 Å². The average molecular weight is 486 g/mol. The molecule has 0 unspecified atom stereocenters. The van der Waals surface area contributed by atoms with E-state index in [1.165, 1.54) is 6.07 Å². The normalized spacial score (nSPS) is 17.1. The van der Waals surface area contributed by atoms with Crippen LogP contribution < -0.4 is 4.74 Å². The van der Waals surface area contributed by atoms with Crippen LogP contribution in [0.3, 0.4) is 0 Å². The van der Waals surface area contributed by atoms with Gasteiger partial charge in [0.25, 0.3) is 0 Å². The molecular weight excluding hydrogens is 455 g/mol. The van der Waals surface area contributed by atoms with Crippen LogP contribution in [0, 0.1) is 0 Å². The van der Waals surface area contributed by atoms with Crippen LogP contribution in [0.1, 0.15) is 42.0 Å². The second-order valence-electron chi connectivity index (χ2n) is 9.11. The first-order valence-corrected chi connectivity index (χ1v) is 11.7. The van der Waals surface area contributed by atoms with Gasteiger partial charge in [0.05, 0.1) is 19.3 Å². The highest BCUT2D eigenvalue weighted by Crippen LogP contribution is 2.39. The Kier molecular flexibility index (Phi) is 7.79. The lowest BCUT2D eigenvalue weighted by atomic mass is 9.92. The van der Waals surface area contributed by atoms with E-state index in [0.717, 1.165) is 22.8 Å². The van der Waals surface area contributed by atoms with E-state index in [2.05, 4.69) is 13.8 Å². The molecule has 0 amide bonds. The average Bonchev–Trinajstić information content (AvgIpc) is 2.85. The van der Waals surface area contributed by atoms with E-state index in [4.69, 9.17) is 14.5 Å². The maximum absolute atomic E-state index is 13.7. The molecule has 3 aromatic rings. The summed E-state index contributed by atoms with van der Waals surface area (Å²) in [7, 11) is 1.57. The smallest absolute Gasteiger partial charge is 0.416 e. The molecule has 0 spiro atoms. The highest BCUT2D eigenvalue weighted by molar-refractivity contribution is 5.74. The zero-order chi connectivity index (χ0) is 25.0.